The molecule has 0 amide bonds. The first-order valence-corrected chi connectivity index (χ1v) is 27.1. The van der Waals surface area contributed by atoms with Gasteiger partial charge in [-0.05, 0) is 62.9 Å². The zero-order valence-electron chi connectivity index (χ0n) is 34.7. The summed E-state index contributed by atoms with van der Waals surface area (Å²) in [5, 5.41) is 9.98. The highest BCUT2D eigenvalue weighted by molar-refractivity contribution is 7.86. The maximum atomic E-state index is 13.5. The van der Waals surface area contributed by atoms with Gasteiger partial charge in [0.2, 0.25) is 5.69 Å². The number of benzene rings is 2. The summed E-state index contributed by atoms with van der Waals surface area (Å²) in [7, 11) is -22.4. The summed E-state index contributed by atoms with van der Waals surface area (Å²) in [6, 6.07) is 6.05. The van der Waals surface area contributed by atoms with Gasteiger partial charge in [-0.2, -0.15) is 46.7 Å². The second-order valence-electron chi connectivity index (χ2n) is 15.8. The Bertz CT molecular complexity index is 2880. The first-order valence-electron chi connectivity index (χ1n) is 19.2. The van der Waals surface area contributed by atoms with Gasteiger partial charge in [-0.1, -0.05) is 32.1 Å². The van der Waals surface area contributed by atoms with E-state index in [-0.39, 0.29) is 67.6 Å². The molecule has 0 spiro atoms. The van der Waals surface area contributed by atoms with Gasteiger partial charge in [-0.3, -0.25) is 22.8 Å². The molecule has 354 valence electrons. The first-order chi connectivity index (χ1) is 29.3. The van der Waals surface area contributed by atoms with E-state index in [0.29, 0.717) is 22.7 Å². The van der Waals surface area contributed by atoms with Gasteiger partial charge in [0.1, 0.15) is 6.54 Å². The average molecular weight is 998 g/mol. The van der Waals surface area contributed by atoms with Crippen molar-refractivity contribution in [2.45, 2.75) is 68.6 Å². The lowest BCUT2D eigenvalue weighted by molar-refractivity contribution is -0.437. The number of esters is 1. The van der Waals surface area contributed by atoms with Crippen LogP contribution in [0.4, 0.5) is 11.4 Å². The van der Waals surface area contributed by atoms with Crippen LogP contribution in [0.3, 0.4) is 0 Å². The molecule has 2 heterocycles. The van der Waals surface area contributed by atoms with Crippen molar-refractivity contribution in [3.8, 4) is 0 Å². The van der Waals surface area contributed by atoms with Crippen LogP contribution in [-0.2, 0) is 66.2 Å². The Hall–Kier alpha value is -4.38. The van der Waals surface area contributed by atoms with Crippen LogP contribution in [0.25, 0.3) is 0 Å². The van der Waals surface area contributed by atoms with Gasteiger partial charge >= 0.3 is 11.9 Å². The van der Waals surface area contributed by atoms with E-state index in [0.717, 1.165) is 12.1 Å². The number of ether oxygens (including phenoxy) is 1. The Labute approximate surface area is 371 Å². The number of fused-ring (bicyclic) bond motifs is 2. The second kappa shape index (κ2) is 19.6. The molecule has 0 bridgehead atoms. The van der Waals surface area contributed by atoms with Crippen molar-refractivity contribution in [1.82, 2.24) is 0 Å². The van der Waals surface area contributed by atoms with Gasteiger partial charge in [0.15, 0.2) is 5.71 Å². The minimum Gasteiger partial charge on any atom is -0.478 e. The molecular formula is C38H49N2O19S5+. The van der Waals surface area contributed by atoms with Crippen LogP contribution < -0.4 is 4.90 Å². The number of carboxylic acid groups (broad SMARTS) is 1. The fourth-order valence-electron chi connectivity index (χ4n) is 7.87. The number of carboxylic acids is 1. The number of rotatable bonds is 22. The number of hydrogen-bond donors (Lipinski definition) is 6. The van der Waals surface area contributed by atoms with E-state index in [2.05, 4.69) is 0 Å². The molecule has 2 aliphatic rings. The van der Waals surface area contributed by atoms with Gasteiger partial charge in [-0.15, -0.1) is 0 Å². The van der Waals surface area contributed by atoms with Crippen LogP contribution >= 0.6 is 0 Å². The smallest absolute Gasteiger partial charge is 0.338 e. The molecule has 0 aliphatic carbocycles. The van der Waals surface area contributed by atoms with E-state index < -0.39 is 108 Å². The molecule has 0 saturated heterocycles. The summed E-state index contributed by atoms with van der Waals surface area (Å²) in [6.45, 7) is 4.42. The standard InChI is InChI=1S/C38H48N2O19S5/c1-37(2)32(40(17-9-21-62(50,51)52)31-24-26(35(41)42)23-28(34(31)37)36(43)59-18-10-22-63(53,54)55)11-5-4-6-12-33-38(3,15-7-19-60(44,45)46)29-25-27(64(56,57)58)13-14-30(29)39(33)16-8-20-61(47,48)49/h4-6,11-14,23-25H,7-10,15-22H2,1-3H3,(H5-,41,42,44,45,46,47,48,49,50,51,52,53,54,55,56,57,58)/p+1. The normalized spacial score (nSPS) is 18.6. The number of anilines is 1. The molecule has 0 aromatic heterocycles. The number of hydrogen-bond acceptors (Lipinski definition) is 14. The number of nitrogens with zero attached hydrogens (tertiary/aromatic N) is 2. The molecule has 4 rings (SSSR count). The predicted molar refractivity (Wildman–Crippen MR) is 233 cm³/mol. The highest BCUT2D eigenvalue weighted by atomic mass is 32.2. The van der Waals surface area contributed by atoms with Gasteiger partial charge < -0.3 is 14.7 Å². The maximum absolute atomic E-state index is 13.5. The van der Waals surface area contributed by atoms with E-state index in [1.807, 2.05) is 0 Å². The van der Waals surface area contributed by atoms with E-state index in [9.17, 15) is 75.0 Å². The van der Waals surface area contributed by atoms with E-state index in [4.69, 9.17) is 9.29 Å². The average Bonchev–Trinajstić information content (AvgIpc) is 3.49. The van der Waals surface area contributed by atoms with Gasteiger partial charge in [0.25, 0.3) is 50.6 Å². The Balaban J connectivity index is 1.84. The first kappa shape index (κ1) is 52.2. The van der Waals surface area contributed by atoms with E-state index >= 15 is 0 Å². The SMILES string of the molecule is CC1(CCCS(=O)(=O)O)C(/C=C/C=C/C=C2/N(CCCS(=O)(=O)O)c3cc(C(=O)O)cc(C(=O)OCCCS(=O)(=O)O)c3C2(C)C)=[N+](CCCS(=O)(=O)O)c2ccc(S(=O)(=O)O)cc21. The van der Waals surface area contributed by atoms with E-state index in [1.165, 1.54) is 36.4 Å². The highest BCUT2D eigenvalue weighted by Gasteiger charge is 2.48. The third-order valence-electron chi connectivity index (χ3n) is 10.6. The number of carbonyl (C=O) groups is 2. The maximum Gasteiger partial charge on any atom is 0.338 e. The zero-order valence-corrected chi connectivity index (χ0v) is 38.8. The third kappa shape index (κ3) is 13.6. The van der Waals surface area contributed by atoms with Crippen molar-refractivity contribution in [3.05, 3.63) is 88.7 Å². The fraction of sp³-hybridized carbons (Fsp3) is 0.447. The third-order valence-corrected chi connectivity index (χ3v) is 14.7. The molecule has 1 unspecified atom stereocenters. The second-order valence-corrected chi connectivity index (χ2v) is 23.5. The number of allylic oxidation sites excluding steroid dienone is 6. The topological polar surface area (TPSA) is 342 Å². The van der Waals surface area contributed by atoms with Gasteiger partial charge in [0, 0.05) is 53.0 Å². The minimum atomic E-state index is -4.73. The van der Waals surface area contributed by atoms with Crippen LogP contribution in [-0.4, -0.2) is 135 Å². The lowest BCUT2D eigenvalue weighted by Crippen LogP contribution is -2.32. The quantitative estimate of drug-likeness (QED) is 0.0323. The summed E-state index contributed by atoms with van der Waals surface area (Å²) in [4.78, 5) is 26.9. The largest absolute Gasteiger partial charge is 0.478 e. The summed E-state index contributed by atoms with van der Waals surface area (Å²) >= 11 is 0. The van der Waals surface area contributed by atoms with Gasteiger partial charge in [0.05, 0.1) is 51.1 Å². The zero-order chi connectivity index (χ0) is 48.3. The van der Waals surface area contributed by atoms with Crippen molar-refractivity contribution in [2.24, 2.45) is 0 Å². The molecule has 1 atom stereocenters. The van der Waals surface area contributed by atoms with E-state index in [1.54, 1.807) is 42.4 Å². The summed E-state index contributed by atoms with van der Waals surface area (Å²) < 4.78 is 171. The fourth-order valence-corrected chi connectivity index (χ4v) is 10.4. The molecule has 0 radical (unpaired) electrons. The molecule has 6 N–H and O–H groups in total. The molecule has 2 aliphatic heterocycles. The monoisotopic (exact) mass is 997 g/mol. The molecule has 26 heteroatoms. The van der Waals surface area contributed by atoms with Crippen molar-refractivity contribution in [3.63, 3.8) is 0 Å². The summed E-state index contributed by atoms with van der Waals surface area (Å²) in [5.74, 6) is -5.15. The lowest BCUT2D eigenvalue weighted by atomic mass is 9.76. The molecule has 2 aromatic carbocycles. The van der Waals surface area contributed by atoms with Crippen LogP contribution in [0.2, 0.25) is 0 Å². The summed E-state index contributed by atoms with van der Waals surface area (Å²) in [6.07, 6.45) is 7.08. The Morgan fingerprint density at radius 3 is 1.89 bits per heavy atom. The van der Waals surface area contributed by atoms with Gasteiger partial charge in [-0.25, -0.2) is 9.59 Å². The molecule has 2 aromatic rings. The Kier molecular flexibility index (Phi) is 16.0. The Morgan fingerprint density at radius 1 is 0.734 bits per heavy atom. The number of aromatic carboxylic acids is 1. The van der Waals surface area contributed by atoms with Crippen LogP contribution in [0, 0.1) is 0 Å². The van der Waals surface area contributed by atoms with Crippen LogP contribution in [0.1, 0.15) is 84.7 Å². The van der Waals surface area contributed by atoms with Crippen molar-refractivity contribution >= 4 is 79.6 Å². The van der Waals surface area contributed by atoms with Crippen LogP contribution in [0.15, 0.2) is 71.3 Å². The lowest BCUT2D eigenvalue weighted by Gasteiger charge is -2.27. The molecule has 64 heavy (non-hydrogen) atoms. The molecule has 0 saturated carbocycles. The minimum absolute atomic E-state index is 0.00837. The van der Waals surface area contributed by atoms with Crippen molar-refractivity contribution in [1.29, 1.82) is 0 Å². The van der Waals surface area contributed by atoms with Crippen molar-refractivity contribution in [2.75, 3.05) is 47.6 Å². The number of carbonyl (C=O) groups excluding carboxylic acids is 1. The molecule has 21 nitrogen and oxygen atoms in total. The molecule has 0 fully saturated rings. The molecular weight excluding hydrogens is 949 g/mol. The highest BCUT2D eigenvalue weighted by Crippen LogP contribution is 2.50. The van der Waals surface area contributed by atoms with Crippen LogP contribution in [0.5, 0.6) is 0 Å². The predicted octanol–water partition coefficient (Wildman–Crippen LogP) is 3.44. The Morgan fingerprint density at radius 2 is 1.31 bits per heavy atom. The van der Waals surface area contributed by atoms with Crippen molar-refractivity contribution < 1.29 is 88.9 Å². The summed E-state index contributed by atoms with van der Waals surface area (Å²) in [5.41, 5.74) is -0.964.